The first-order valence-electron chi connectivity index (χ1n) is 1.50. The van der Waals surface area contributed by atoms with Crippen molar-refractivity contribution < 1.29 is 9.18 Å². The highest BCUT2D eigenvalue weighted by atomic mass is 19.1. The van der Waals surface area contributed by atoms with Crippen LogP contribution in [0.25, 0.3) is 0 Å². The summed E-state index contributed by atoms with van der Waals surface area (Å²) < 4.78 is 11.1. The van der Waals surface area contributed by atoms with Gasteiger partial charge in [0.2, 0.25) is 0 Å². The van der Waals surface area contributed by atoms with E-state index in [2.05, 4.69) is 6.58 Å². The zero-order valence-electron chi connectivity index (χ0n) is 3.28. The molecule has 0 aliphatic carbocycles. The van der Waals surface area contributed by atoms with Crippen LogP contribution in [-0.4, -0.2) is 13.0 Å². The summed E-state index contributed by atoms with van der Waals surface area (Å²) in [5.41, 5.74) is -0.00463. The molecule has 0 bridgehead atoms. The first kappa shape index (κ1) is 5.34. The summed E-state index contributed by atoms with van der Waals surface area (Å²) in [4.78, 5) is 9.40. The van der Waals surface area contributed by atoms with Gasteiger partial charge in [0.25, 0.3) is 0 Å². The Labute approximate surface area is 35.5 Å². The normalized spacial score (nSPS) is 7.50. The number of carbonyl (C=O) groups excluding carboxylic acids is 1. The van der Waals surface area contributed by atoms with Crippen molar-refractivity contribution in [1.29, 1.82) is 0 Å². The smallest absolute Gasteiger partial charge is 0.148 e. The summed E-state index contributed by atoms with van der Waals surface area (Å²) in [6, 6.07) is 0. The second-order valence-electron chi connectivity index (χ2n) is 0.910. The van der Waals surface area contributed by atoms with Gasteiger partial charge in [-0.3, -0.25) is 4.79 Å². The van der Waals surface area contributed by atoms with Gasteiger partial charge in [-0.15, -0.1) is 0 Å². The molecule has 1 nitrogen and oxygen atoms in total. The fourth-order valence-electron chi connectivity index (χ4n) is 0.0315. The zero-order valence-corrected chi connectivity index (χ0v) is 3.28. The minimum absolute atomic E-state index is 0.00463. The van der Waals surface area contributed by atoms with E-state index in [0.717, 1.165) is 0 Å². The first-order chi connectivity index (χ1) is 2.81. The van der Waals surface area contributed by atoms with Crippen molar-refractivity contribution >= 4 is 6.29 Å². The van der Waals surface area contributed by atoms with Crippen LogP contribution in [0.4, 0.5) is 4.39 Å². The molecule has 0 aliphatic heterocycles. The van der Waals surface area contributed by atoms with E-state index in [1.165, 1.54) is 0 Å². The van der Waals surface area contributed by atoms with E-state index in [4.69, 9.17) is 0 Å². The van der Waals surface area contributed by atoms with Crippen LogP contribution in [0.1, 0.15) is 0 Å². The summed E-state index contributed by atoms with van der Waals surface area (Å²) in [5, 5.41) is 0. The maximum Gasteiger partial charge on any atom is 0.148 e. The molecule has 0 N–H and O–H groups in total. The Bertz CT molecular complexity index is 67.9. The van der Waals surface area contributed by atoms with Crippen molar-refractivity contribution in [2.75, 3.05) is 6.67 Å². The highest BCUT2D eigenvalue weighted by Gasteiger charge is 1.81. The number of allylic oxidation sites excluding steroid dienone is 1. The van der Waals surface area contributed by atoms with E-state index in [1.54, 1.807) is 0 Å². The summed E-state index contributed by atoms with van der Waals surface area (Å²) >= 11 is 0. The molecule has 0 aliphatic rings. The fourth-order valence-corrected chi connectivity index (χ4v) is 0.0315. The average Bonchev–Trinajstić information content (AvgIpc) is 1.65. The van der Waals surface area contributed by atoms with Crippen LogP contribution < -0.4 is 0 Å². The maximum atomic E-state index is 11.1. The van der Waals surface area contributed by atoms with Crippen molar-refractivity contribution in [2.45, 2.75) is 0 Å². The van der Waals surface area contributed by atoms with E-state index in [9.17, 15) is 9.18 Å². The molecule has 0 atom stereocenters. The van der Waals surface area contributed by atoms with E-state index in [1.807, 2.05) is 0 Å². The monoisotopic (exact) mass is 88.0 g/mol. The van der Waals surface area contributed by atoms with Crippen molar-refractivity contribution in [3.63, 3.8) is 0 Å². The Morgan fingerprint density at radius 3 is 2.50 bits per heavy atom. The van der Waals surface area contributed by atoms with Crippen LogP contribution >= 0.6 is 0 Å². The van der Waals surface area contributed by atoms with Gasteiger partial charge in [-0.2, -0.15) is 0 Å². The minimum atomic E-state index is -0.733. The van der Waals surface area contributed by atoms with Gasteiger partial charge in [0.05, 0.1) is 0 Å². The van der Waals surface area contributed by atoms with E-state index in [-0.39, 0.29) is 5.57 Å². The lowest BCUT2D eigenvalue weighted by Crippen LogP contribution is -1.80. The average molecular weight is 88.1 g/mol. The van der Waals surface area contributed by atoms with Crippen LogP contribution in [0.2, 0.25) is 0 Å². The van der Waals surface area contributed by atoms with Crippen LogP contribution in [0.3, 0.4) is 0 Å². The highest BCUT2D eigenvalue weighted by Crippen LogP contribution is 1.80. The minimum Gasteiger partial charge on any atom is -0.298 e. The van der Waals surface area contributed by atoms with Gasteiger partial charge in [0.1, 0.15) is 13.0 Å². The largest absolute Gasteiger partial charge is 0.298 e. The van der Waals surface area contributed by atoms with Crippen LogP contribution in [-0.2, 0) is 4.79 Å². The predicted molar refractivity (Wildman–Crippen MR) is 21.2 cm³/mol. The standard InChI is InChI=1S/C4H5FO/c1-4(2-5)3-6/h3H,1-2H2. The first-order valence-corrected chi connectivity index (χ1v) is 1.50. The Morgan fingerprint density at radius 2 is 2.50 bits per heavy atom. The number of hydrogen-bond acceptors (Lipinski definition) is 1. The number of alkyl halides is 1. The van der Waals surface area contributed by atoms with Crippen molar-refractivity contribution in [3.05, 3.63) is 12.2 Å². The van der Waals surface area contributed by atoms with Crippen molar-refractivity contribution in [1.82, 2.24) is 0 Å². The highest BCUT2D eigenvalue weighted by molar-refractivity contribution is 5.72. The topological polar surface area (TPSA) is 17.1 Å². The lowest BCUT2D eigenvalue weighted by atomic mass is 10.4. The van der Waals surface area contributed by atoms with E-state index in [0.29, 0.717) is 6.29 Å². The number of aldehydes is 1. The van der Waals surface area contributed by atoms with Crippen LogP contribution in [0.15, 0.2) is 12.2 Å². The number of rotatable bonds is 2. The molecule has 2 heteroatoms. The summed E-state index contributed by atoms with van der Waals surface area (Å²) in [6.07, 6.45) is 0.403. The Hall–Kier alpha value is -0.660. The fraction of sp³-hybridized carbons (Fsp3) is 0.250. The lowest BCUT2D eigenvalue weighted by Gasteiger charge is -1.75. The molecule has 0 amide bonds. The number of hydrogen-bond donors (Lipinski definition) is 0. The predicted octanol–water partition coefficient (Wildman–Crippen LogP) is 0.711. The van der Waals surface area contributed by atoms with Gasteiger partial charge in [0.15, 0.2) is 0 Å². The third-order valence-electron chi connectivity index (χ3n) is 0.338. The molecule has 0 saturated carbocycles. The van der Waals surface area contributed by atoms with E-state index < -0.39 is 6.67 Å². The molecule has 0 aromatic carbocycles. The van der Waals surface area contributed by atoms with Gasteiger partial charge < -0.3 is 0 Å². The molecule has 0 aromatic heterocycles. The molecule has 0 rings (SSSR count). The molecule has 34 valence electrons. The van der Waals surface area contributed by atoms with E-state index >= 15 is 0 Å². The maximum absolute atomic E-state index is 11.1. The molecule has 0 saturated heterocycles. The van der Waals surface area contributed by atoms with Gasteiger partial charge in [0, 0.05) is 5.57 Å². The lowest BCUT2D eigenvalue weighted by molar-refractivity contribution is -0.105. The quantitative estimate of drug-likeness (QED) is 0.359. The Kier molecular flexibility index (Phi) is 2.29. The van der Waals surface area contributed by atoms with Gasteiger partial charge in [-0.25, -0.2) is 4.39 Å². The third kappa shape index (κ3) is 1.64. The SMILES string of the molecule is C=C(C=O)CF. The molecule has 0 heterocycles. The number of carbonyl (C=O) groups is 1. The Morgan fingerprint density at radius 1 is 2.00 bits per heavy atom. The van der Waals surface area contributed by atoms with Gasteiger partial charge in [-0.05, 0) is 0 Å². The Balaban J connectivity index is 3.23. The molecule has 0 fully saturated rings. The molecular weight excluding hydrogens is 83.0 g/mol. The number of halogens is 1. The van der Waals surface area contributed by atoms with Crippen molar-refractivity contribution in [3.8, 4) is 0 Å². The van der Waals surface area contributed by atoms with Crippen LogP contribution in [0.5, 0.6) is 0 Å². The summed E-state index contributed by atoms with van der Waals surface area (Å²) in [5.74, 6) is 0. The second-order valence-corrected chi connectivity index (χ2v) is 0.910. The molecule has 0 radical (unpaired) electrons. The summed E-state index contributed by atoms with van der Waals surface area (Å²) in [7, 11) is 0. The molecule has 0 aromatic rings. The van der Waals surface area contributed by atoms with Crippen LogP contribution in [0, 0.1) is 0 Å². The molecule has 0 spiro atoms. The zero-order chi connectivity index (χ0) is 4.99. The summed E-state index contributed by atoms with van der Waals surface area (Å²) in [6.45, 7) is 2.32. The second kappa shape index (κ2) is 2.57. The molecule has 0 unspecified atom stereocenters. The van der Waals surface area contributed by atoms with Gasteiger partial charge in [-0.1, -0.05) is 6.58 Å². The molecule has 6 heavy (non-hydrogen) atoms. The van der Waals surface area contributed by atoms with Crippen molar-refractivity contribution in [2.24, 2.45) is 0 Å². The van der Waals surface area contributed by atoms with Gasteiger partial charge >= 0.3 is 0 Å². The molecular formula is C4H5FO. The third-order valence-corrected chi connectivity index (χ3v) is 0.338.